The molecule has 0 spiro atoms. The molecular formula is C17H19N5O2. The van der Waals surface area contributed by atoms with Gasteiger partial charge in [0.2, 0.25) is 5.56 Å². The molecule has 0 saturated heterocycles. The van der Waals surface area contributed by atoms with E-state index in [2.05, 4.69) is 20.4 Å². The van der Waals surface area contributed by atoms with Crippen LogP contribution in [-0.4, -0.2) is 36.8 Å². The van der Waals surface area contributed by atoms with Crippen LogP contribution in [0.2, 0.25) is 0 Å². The average Bonchev–Trinajstić information content (AvgIpc) is 3.00. The maximum absolute atomic E-state index is 11.5. The van der Waals surface area contributed by atoms with Gasteiger partial charge >= 0.3 is 0 Å². The van der Waals surface area contributed by atoms with Gasteiger partial charge < -0.3 is 15.4 Å². The Hall–Kier alpha value is -2.67. The number of hydrogen-bond donors (Lipinski definition) is 3. The van der Waals surface area contributed by atoms with E-state index in [-0.39, 0.29) is 11.7 Å². The summed E-state index contributed by atoms with van der Waals surface area (Å²) in [6.07, 6.45) is 6.68. The molecule has 3 aromatic heterocycles. The van der Waals surface area contributed by atoms with Crippen LogP contribution in [0.4, 0.5) is 5.82 Å². The zero-order chi connectivity index (χ0) is 16.5. The topological polar surface area (TPSA) is 95.3 Å². The number of hydrogen-bond acceptors (Lipinski definition) is 5. The second-order valence-corrected chi connectivity index (χ2v) is 6.22. The van der Waals surface area contributed by atoms with Crippen LogP contribution in [0.1, 0.15) is 25.7 Å². The van der Waals surface area contributed by atoms with Gasteiger partial charge in [-0.3, -0.25) is 4.79 Å². The maximum atomic E-state index is 11.5. The van der Waals surface area contributed by atoms with Crippen LogP contribution in [0, 0.1) is 0 Å². The molecule has 7 nitrogen and oxygen atoms in total. The number of fused-ring (bicyclic) bond motifs is 1. The molecule has 0 radical (unpaired) electrons. The minimum absolute atomic E-state index is 0.155. The molecular weight excluding hydrogens is 306 g/mol. The predicted molar refractivity (Wildman–Crippen MR) is 90.9 cm³/mol. The molecule has 0 amide bonds. The van der Waals surface area contributed by atoms with Crippen LogP contribution in [0.25, 0.3) is 16.9 Å². The highest BCUT2D eigenvalue weighted by Gasteiger charge is 2.19. The fraction of sp³-hybridized carbons (Fsp3) is 0.353. The van der Waals surface area contributed by atoms with Gasteiger partial charge in [-0.1, -0.05) is 0 Å². The number of aromatic nitrogens is 4. The highest BCUT2D eigenvalue weighted by atomic mass is 16.3. The van der Waals surface area contributed by atoms with Crippen molar-refractivity contribution in [3.63, 3.8) is 0 Å². The molecule has 1 aliphatic rings. The summed E-state index contributed by atoms with van der Waals surface area (Å²) in [6.45, 7) is 0. The Morgan fingerprint density at radius 3 is 2.83 bits per heavy atom. The summed E-state index contributed by atoms with van der Waals surface area (Å²) in [5.74, 6) is 0.771. The van der Waals surface area contributed by atoms with Crippen molar-refractivity contribution in [2.45, 2.75) is 37.8 Å². The third kappa shape index (κ3) is 2.90. The summed E-state index contributed by atoms with van der Waals surface area (Å²) in [5.41, 5.74) is 2.13. The summed E-state index contributed by atoms with van der Waals surface area (Å²) in [6, 6.07) is 7.51. The van der Waals surface area contributed by atoms with Crippen molar-refractivity contribution >= 4 is 11.5 Å². The van der Waals surface area contributed by atoms with Gasteiger partial charge in [-0.15, -0.1) is 5.10 Å². The zero-order valence-electron chi connectivity index (χ0n) is 13.1. The van der Waals surface area contributed by atoms with E-state index in [1.807, 2.05) is 18.2 Å². The van der Waals surface area contributed by atoms with Gasteiger partial charge in [0, 0.05) is 23.9 Å². The summed E-state index contributed by atoms with van der Waals surface area (Å²) < 4.78 is 1.74. The molecule has 0 bridgehead atoms. The van der Waals surface area contributed by atoms with Crippen molar-refractivity contribution in [1.29, 1.82) is 0 Å². The number of aliphatic hydroxyl groups excluding tert-OH is 1. The molecule has 1 saturated carbocycles. The summed E-state index contributed by atoms with van der Waals surface area (Å²) >= 11 is 0. The molecule has 3 N–H and O–H groups in total. The number of imidazole rings is 1. The van der Waals surface area contributed by atoms with Crippen molar-refractivity contribution in [3.8, 4) is 11.3 Å². The number of nitrogens with zero attached hydrogens (tertiary/aromatic N) is 3. The van der Waals surface area contributed by atoms with Gasteiger partial charge in [-0.25, -0.2) is 9.50 Å². The Bertz CT molecular complexity index is 908. The van der Waals surface area contributed by atoms with Gasteiger partial charge in [-0.2, -0.15) is 0 Å². The van der Waals surface area contributed by atoms with E-state index < -0.39 is 0 Å². The molecule has 1 fully saturated rings. The third-order valence-electron chi connectivity index (χ3n) is 4.48. The standard InChI is InChI=1S/C17H19N5O2/c23-13-3-1-12(2-4-13)20-15-5-6-16-19-10-14(22(16)21-15)11-7-8-18-17(24)9-11/h5-10,12-13,23H,1-4H2,(H,18,24)(H,20,21). The molecule has 1 aliphatic carbocycles. The molecule has 4 rings (SSSR count). The lowest BCUT2D eigenvalue weighted by atomic mass is 9.93. The van der Waals surface area contributed by atoms with Crippen molar-refractivity contribution in [1.82, 2.24) is 19.6 Å². The first kappa shape index (κ1) is 14.9. The van der Waals surface area contributed by atoms with Crippen molar-refractivity contribution in [2.75, 3.05) is 5.32 Å². The van der Waals surface area contributed by atoms with E-state index in [9.17, 15) is 9.90 Å². The Balaban J connectivity index is 1.65. The SMILES string of the molecule is O=c1cc(-c2cnc3ccc(NC4CCC(O)CC4)nn23)cc[nH]1. The number of nitrogens with one attached hydrogen (secondary N) is 2. The summed E-state index contributed by atoms with van der Waals surface area (Å²) in [4.78, 5) is 18.5. The monoisotopic (exact) mass is 325 g/mol. The molecule has 124 valence electrons. The Kier molecular flexibility index (Phi) is 3.78. The van der Waals surface area contributed by atoms with Crippen molar-refractivity contribution < 1.29 is 5.11 Å². The fourth-order valence-electron chi connectivity index (χ4n) is 3.18. The molecule has 3 aromatic rings. The van der Waals surface area contributed by atoms with E-state index in [4.69, 9.17) is 0 Å². The largest absolute Gasteiger partial charge is 0.393 e. The van der Waals surface area contributed by atoms with Crippen molar-refractivity contribution in [3.05, 3.63) is 47.0 Å². The first-order valence-corrected chi connectivity index (χ1v) is 8.17. The number of rotatable bonds is 3. The molecule has 0 aliphatic heterocycles. The first-order chi connectivity index (χ1) is 11.7. The maximum Gasteiger partial charge on any atom is 0.248 e. The predicted octanol–water partition coefficient (Wildman–Crippen LogP) is 1.80. The van der Waals surface area contributed by atoms with Crippen LogP contribution < -0.4 is 10.9 Å². The first-order valence-electron chi connectivity index (χ1n) is 8.17. The number of H-pyrrole nitrogens is 1. The van der Waals surface area contributed by atoms with Crippen LogP contribution in [-0.2, 0) is 0 Å². The van der Waals surface area contributed by atoms with Gasteiger partial charge in [0.25, 0.3) is 0 Å². The number of anilines is 1. The van der Waals surface area contributed by atoms with E-state index in [0.717, 1.165) is 48.4 Å². The van der Waals surface area contributed by atoms with Crippen LogP contribution in [0.15, 0.2) is 41.5 Å². The second kappa shape index (κ2) is 6.09. The summed E-state index contributed by atoms with van der Waals surface area (Å²) in [5, 5.41) is 17.7. The zero-order valence-corrected chi connectivity index (χ0v) is 13.1. The third-order valence-corrected chi connectivity index (χ3v) is 4.48. The van der Waals surface area contributed by atoms with Gasteiger partial charge in [-0.05, 0) is 43.9 Å². The molecule has 0 atom stereocenters. The van der Waals surface area contributed by atoms with E-state index in [1.165, 1.54) is 6.07 Å². The van der Waals surface area contributed by atoms with Crippen LogP contribution in [0.3, 0.4) is 0 Å². The number of aliphatic hydroxyl groups is 1. The number of pyridine rings is 1. The van der Waals surface area contributed by atoms with Crippen LogP contribution >= 0.6 is 0 Å². The molecule has 24 heavy (non-hydrogen) atoms. The van der Waals surface area contributed by atoms with E-state index >= 15 is 0 Å². The van der Waals surface area contributed by atoms with Gasteiger partial charge in [0.15, 0.2) is 5.65 Å². The Morgan fingerprint density at radius 2 is 2.04 bits per heavy atom. The van der Waals surface area contributed by atoms with Gasteiger partial charge in [0.1, 0.15) is 5.82 Å². The van der Waals surface area contributed by atoms with Gasteiger partial charge in [0.05, 0.1) is 18.0 Å². The quantitative estimate of drug-likeness (QED) is 0.682. The number of aromatic amines is 1. The summed E-state index contributed by atoms with van der Waals surface area (Å²) in [7, 11) is 0. The van der Waals surface area contributed by atoms with E-state index in [0.29, 0.717) is 6.04 Å². The lowest BCUT2D eigenvalue weighted by Crippen LogP contribution is -2.28. The molecule has 3 heterocycles. The minimum Gasteiger partial charge on any atom is -0.393 e. The fourth-order valence-corrected chi connectivity index (χ4v) is 3.18. The Labute approximate surface area is 138 Å². The van der Waals surface area contributed by atoms with E-state index in [1.54, 1.807) is 16.9 Å². The molecule has 7 heteroatoms. The Morgan fingerprint density at radius 1 is 1.21 bits per heavy atom. The highest BCUT2D eigenvalue weighted by Crippen LogP contribution is 2.23. The second-order valence-electron chi connectivity index (χ2n) is 6.22. The smallest absolute Gasteiger partial charge is 0.248 e. The average molecular weight is 325 g/mol. The normalized spacial score (nSPS) is 21.0. The van der Waals surface area contributed by atoms with Crippen molar-refractivity contribution in [2.24, 2.45) is 0 Å². The van der Waals surface area contributed by atoms with Crippen LogP contribution in [0.5, 0.6) is 0 Å². The molecule has 0 aromatic carbocycles. The lowest BCUT2D eigenvalue weighted by Gasteiger charge is -2.26. The molecule has 0 unspecified atom stereocenters. The minimum atomic E-state index is -0.171. The highest BCUT2D eigenvalue weighted by molar-refractivity contribution is 5.63. The lowest BCUT2D eigenvalue weighted by molar-refractivity contribution is 0.126.